The lowest BCUT2D eigenvalue weighted by molar-refractivity contribution is -0.331. The molecule has 0 aromatic heterocycles. The molecule has 13 nitrogen and oxygen atoms in total. The second-order valence-electron chi connectivity index (χ2n) is 17.4. The SMILES string of the molecule is CC(=O)O[C@@]12CO[C@@H]1CC[C@@]1(C)C(=O)CC3=C(C)C(OC(=O)[C@H](O)[C@@H](NC(=O)OC(C)(C)C)c4ccccc4)C[C@@](O)([C@@H](OC(=O)c4ccccc4)[C@H]21)C3(C)C. The lowest BCUT2D eigenvalue weighted by Crippen LogP contribution is -2.78. The fraction of sp³-hybridized carbons (Fsp3) is 0.558. The number of rotatable bonds is 8. The van der Waals surface area contributed by atoms with Crippen molar-refractivity contribution in [3.8, 4) is 0 Å². The van der Waals surface area contributed by atoms with Gasteiger partial charge in [-0.25, -0.2) is 14.4 Å². The van der Waals surface area contributed by atoms with Crippen LogP contribution in [0.15, 0.2) is 71.8 Å². The fourth-order valence-electron chi connectivity index (χ4n) is 9.39. The van der Waals surface area contributed by atoms with E-state index in [9.17, 15) is 34.2 Å². The third-order valence-electron chi connectivity index (χ3n) is 12.5. The molecular weight excluding hydrogens is 722 g/mol. The first kappa shape index (κ1) is 41.1. The van der Waals surface area contributed by atoms with Crippen molar-refractivity contribution in [1.29, 1.82) is 0 Å². The van der Waals surface area contributed by atoms with E-state index in [2.05, 4.69) is 5.32 Å². The Kier molecular flexibility index (Phi) is 10.8. The second kappa shape index (κ2) is 14.7. The topological polar surface area (TPSA) is 184 Å². The summed E-state index contributed by atoms with van der Waals surface area (Å²) < 4.78 is 30.0. The minimum Gasteiger partial charge on any atom is -0.456 e. The van der Waals surface area contributed by atoms with Crippen LogP contribution < -0.4 is 5.32 Å². The Morgan fingerprint density at radius 3 is 2.16 bits per heavy atom. The first-order chi connectivity index (χ1) is 26.1. The molecule has 1 unspecified atom stereocenters. The highest BCUT2D eigenvalue weighted by molar-refractivity contribution is 5.91. The van der Waals surface area contributed by atoms with Gasteiger partial charge in [0.25, 0.3) is 0 Å². The van der Waals surface area contributed by atoms with Crippen LogP contribution in [-0.2, 0) is 38.1 Å². The predicted molar refractivity (Wildman–Crippen MR) is 201 cm³/mol. The zero-order valence-electron chi connectivity index (χ0n) is 33.3. The van der Waals surface area contributed by atoms with E-state index in [1.807, 2.05) is 0 Å². The van der Waals surface area contributed by atoms with Gasteiger partial charge in [0.2, 0.25) is 0 Å². The molecule has 3 fully saturated rings. The minimum absolute atomic E-state index is 0.0848. The van der Waals surface area contributed by atoms with Gasteiger partial charge >= 0.3 is 24.0 Å². The van der Waals surface area contributed by atoms with E-state index in [0.29, 0.717) is 29.6 Å². The quantitative estimate of drug-likeness (QED) is 0.179. The second-order valence-corrected chi connectivity index (χ2v) is 17.4. The largest absolute Gasteiger partial charge is 0.456 e. The smallest absolute Gasteiger partial charge is 0.408 e. The molecule has 2 aromatic carbocycles. The average Bonchev–Trinajstić information content (AvgIpc) is 3.12. The van der Waals surface area contributed by atoms with Gasteiger partial charge in [-0.1, -0.05) is 74.9 Å². The number of carbonyl (C=O) groups excluding carboxylic acids is 5. The number of ether oxygens (including phenoxy) is 5. The highest BCUT2D eigenvalue weighted by atomic mass is 16.6. The lowest BCUT2D eigenvalue weighted by atomic mass is 9.46. The Morgan fingerprint density at radius 1 is 0.964 bits per heavy atom. The Bertz CT molecular complexity index is 1900. The van der Waals surface area contributed by atoms with Crippen LogP contribution >= 0.6 is 0 Å². The van der Waals surface area contributed by atoms with E-state index < -0.39 is 88.0 Å². The van der Waals surface area contributed by atoms with Crippen molar-refractivity contribution in [2.75, 3.05) is 6.61 Å². The number of amides is 1. The van der Waals surface area contributed by atoms with E-state index in [1.165, 1.54) is 6.92 Å². The molecule has 2 aromatic rings. The molecular formula is C43H53NO12. The van der Waals surface area contributed by atoms with Gasteiger partial charge in [-0.05, 0) is 63.8 Å². The van der Waals surface area contributed by atoms with Crippen molar-refractivity contribution < 1.29 is 57.9 Å². The summed E-state index contributed by atoms with van der Waals surface area (Å²) in [7, 11) is 0. The summed E-state index contributed by atoms with van der Waals surface area (Å²) in [5.74, 6) is -3.80. The van der Waals surface area contributed by atoms with Crippen molar-refractivity contribution in [1.82, 2.24) is 5.32 Å². The molecule has 2 saturated carbocycles. The van der Waals surface area contributed by atoms with Crippen LogP contribution in [0, 0.1) is 16.7 Å². The maximum atomic E-state index is 14.8. The highest BCUT2D eigenvalue weighted by Crippen LogP contribution is 2.64. The van der Waals surface area contributed by atoms with Gasteiger partial charge in [0.05, 0.1) is 24.1 Å². The van der Waals surface area contributed by atoms with Crippen LogP contribution in [0.1, 0.15) is 103 Å². The molecule has 1 saturated heterocycles. The normalized spacial score (nSPS) is 31.8. The molecule has 13 heteroatoms. The molecule has 1 aliphatic heterocycles. The first-order valence-electron chi connectivity index (χ1n) is 19.1. The van der Waals surface area contributed by atoms with Gasteiger partial charge < -0.3 is 39.2 Å². The Balaban J connectivity index is 1.44. The summed E-state index contributed by atoms with van der Waals surface area (Å²) >= 11 is 0. The van der Waals surface area contributed by atoms with Crippen molar-refractivity contribution in [3.63, 3.8) is 0 Å². The molecule has 9 atom stereocenters. The predicted octanol–water partition coefficient (Wildman–Crippen LogP) is 5.32. The van der Waals surface area contributed by atoms with Crippen molar-refractivity contribution >= 4 is 29.8 Å². The number of esters is 3. The zero-order valence-corrected chi connectivity index (χ0v) is 33.3. The maximum Gasteiger partial charge on any atom is 0.408 e. The minimum atomic E-state index is -2.05. The molecule has 6 rings (SSSR count). The number of Topliss-reactive ketones (excluding diaryl/α,β-unsaturated/α-hetero) is 1. The Hall–Kier alpha value is -4.59. The van der Waals surface area contributed by atoms with E-state index in [-0.39, 0.29) is 30.8 Å². The number of alkyl carbamates (subject to hydrolysis) is 1. The summed E-state index contributed by atoms with van der Waals surface area (Å²) in [5.41, 5.74) is -5.28. The van der Waals surface area contributed by atoms with Gasteiger partial charge in [0.15, 0.2) is 11.7 Å². The van der Waals surface area contributed by atoms with Crippen molar-refractivity contribution in [2.45, 2.75) is 128 Å². The van der Waals surface area contributed by atoms with E-state index in [1.54, 1.807) is 109 Å². The number of ketones is 1. The molecule has 3 aliphatic carbocycles. The summed E-state index contributed by atoms with van der Waals surface area (Å²) in [6.45, 7) is 13.2. The highest BCUT2D eigenvalue weighted by Gasteiger charge is 2.75. The zero-order chi connectivity index (χ0) is 41.0. The third-order valence-corrected chi connectivity index (χ3v) is 12.5. The molecule has 1 heterocycles. The van der Waals surface area contributed by atoms with Crippen molar-refractivity contribution in [2.24, 2.45) is 16.7 Å². The summed E-state index contributed by atoms with van der Waals surface area (Å²) in [5, 5.41) is 27.6. The van der Waals surface area contributed by atoms with Crippen LogP contribution in [0.5, 0.6) is 0 Å². The van der Waals surface area contributed by atoms with Gasteiger partial charge in [0.1, 0.15) is 35.3 Å². The number of aliphatic hydroxyl groups is 2. The number of benzene rings is 2. The van der Waals surface area contributed by atoms with E-state index in [4.69, 9.17) is 23.7 Å². The summed E-state index contributed by atoms with van der Waals surface area (Å²) in [4.78, 5) is 68.7. The number of hydrogen-bond acceptors (Lipinski definition) is 12. The Labute approximate surface area is 327 Å². The maximum absolute atomic E-state index is 14.8. The first-order valence-corrected chi connectivity index (χ1v) is 19.1. The molecule has 302 valence electrons. The molecule has 3 N–H and O–H groups in total. The molecule has 2 bridgehead atoms. The summed E-state index contributed by atoms with van der Waals surface area (Å²) in [6, 6.07) is 15.3. The molecule has 4 aliphatic rings. The number of carbonyl (C=O) groups is 5. The number of fused-ring (bicyclic) bond motifs is 5. The fourth-order valence-corrected chi connectivity index (χ4v) is 9.39. The van der Waals surface area contributed by atoms with Crippen molar-refractivity contribution in [3.05, 3.63) is 82.9 Å². The standard InChI is InChI=1S/C43H53NO12/c1-24-28-21-30(46)41(8)20-19-31-42(23-52-31,55-25(2)45)34(41)35(54-36(48)27-17-13-10-14-18-27)43(51,40(28,6)7)22-29(24)53-37(49)33(47)32(26-15-11-9-12-16-26)44-38(50)56-39(3,4)5/h9-18,29,31-35,47,51H,19-23H2,1-8H3,(H,44,50)/t29?,31-,32+,33-,34+,35+,41+,42+,43-/m1/s1. The lowest BCUT2D eigenvalue weighted by Gasteiger charge is -2.66. The van der Waals surface area contributed by atoms with Gasteiger partial charge in [0, 0.05) is 30.6 Å². The number of nitrogens with one attached hydrogen (secondary N) is 1. The van der Waals surface area contributed by atoms with Crippen LogP contribution in [0.2, 0.25) is 0 Å². The van der Waals surface area contributed by atoms with E-state index in [0.717, 1.165) is 0 Å². The number of hydrogen-bond donors (Lipinski definition) is 3. The van der Waals surface area contributed by atoms with Crippen LogP contribution in [0.4, 0.5) is 4.79 Å². The Morgan fingerprint density at radius 2 is 1.59 bits per heavy atom. The average molecular weight is 776 g/mol. The van der Waals surface area contributed by atoms with Gasteiger partial charge in [-0.15, -0.1) is 0 Å². The third kappa shape index (κ3) is 7.13. The van der Waals surface area contributed by atoms with Gasteiger partial charge in [-0.3, -0.25) is 9.59 Å². The molecule has 0 radical (unpaired) electrons. The summed E-state index contributed by atoms with van der Waals surface area (Å²) in [6.07, 6.45) is -5.91. The molecule has 1 amide bonds. The van der Waals surface area contributed by atoms with Crippen LogP contribution in [0.25, 0.3) is 0 Å². The monoisotopic (exact) mass is 775 g/mol. The van der Waals surface area contributed by atoms with Gasteiger partial charge in [-0.2, -0.15) is 0 Å². The molecule has 0 spiro atoms. The van der Waals surface area contributed by atoms with Crippen LogP contribution in [-0.4, -0.2) is 87.8 Å². The number of aliphatic hydroxyl groups excluding tert-OH is 1. The van der Waals surface area contributed by atoms with Crippen LogP contribution in [0.3, 0.4) is 0 Å². The molecule has 56 heavy (non-hydrogen) atoms. The van der Waals surface area contributed by atoms with E-state index >= 15 is 0 Å².